The Hall–Kier alpha value is -1.43. The highest BCUT2D eigenvalue weighted by molar-refractivity contribution is 5.75. The van der Waals surface area contributed by atoms with Crippen LogP contribution in [0.3, 0.4) is 0 Å². The number of H-pyrrole nitrogens is 1. The molecule has 1 unspecified atom stereocenters. The summed E-state index contributed by atoms with van der Waals surface area (Å²) in [5.41, 5.74) is 8.71. The molecule has 1 atom stereocenters. The molecule has 0 spiro atoms. The molecule has 0 aliphatic carbocycles. The van der Waals surface area contributed by atoms with Crippen molar-refractivity contribution in [1.82, 2.24) is 14.9 Å². The Morgan fingerprint density at radius 1 is 1.50 bits per heavy atom. The molecule has 0 fully saturated rings. The van der Waals surface area contributed by atoms with E-state index < -0.39 is 6.10 Å². The summed E-state index contributed by atoms with van der Waals surface area (Å²) in [7, 11) is 1.99. The van der Waals surface area contributed by atoms with E-state index in [4.69, 9.17) is 5.73 Å². The van der Waals surface area contributed by atoms with E-state index in [9.17, 15) is 5.11 Å². The van der Waals surface area contributed by atoms with Crippen LogP contribution in [-0.2, 0) is 6.42 Å². The van der Waals surface area contributed by atoms with Crippen molar-refractivity contribution in [3.8, 4) is 0 Å². The Morgan fingerprint density at radius 3 is 3.11 bits per heavy atom. The van der Waals surface area contributed by atoms with Gasteiger partial charge < -0.3 is 20.7 Å². The number of nitrogens with one attached hydrogen (secondary N) is 1. The highest BCUT2D eigenvalue weighted by Crippen LogP contribution is 2.12. The smallest absolute Gasteiger partial charge is 0.0931 e. The fourth-order valence-corrected chi connectivity index (χ4v) is 1.98. The molecule has 0 aliphatic heterocycles. The van der Waals surface area contributed by atoms with Gasteiger partial charge in [-0.15, -0.1) is 0 Å². The molecule has 1 aromatic heterocycles. The second kappa shape index (κ2) is 5.95. The van der Waals surface area contributed by atoms with E-state index in [1.807, 2.05) is 13.1 Å². The molecular weight excluding hydrogens is 228 g/mol. The van der Waals surface area contributed by atoms with E-state index in [1.54, 1.807) is 6.33 Å². The lowest BCUT2D eigenvalue weighted by Gasteiger charge is -2.19. The van der Waals surface area contributed by atoms with Crippen molar-refractivity contribution >= 4 is 11.0 Å². The zero-order chi connectivity index (χ0) is 13.0. The lowest BCUT2D eigenvalue weighted by atomic mass is 10.1. The average Bonchev–Trinajstić information content (AvgIpc) is 2.83. The number of hydrogen-bond donors (Lipinski definition) is 3. The quantitative estimate of drug-likeness (QED) is 0.689. The number of nitrogens with zero attached hydrogens (tertiary/aromatic N) is 2. The third-order valence-electron chi connectivity index (χ3n) is 3.06. The standard InChI is InChI=1S/C13H20N4O/c1-17(8-11(18)7-14)5-4-10-2-3-12-13(6-10)16-9-15-12/h2-3,6,9,11,18H,4-5,7-8,14H2,1H3,(H,15,16). The largest absolute Gasteiger partial charge is 0.390 e. The molecule has 18 heavy (non-hydrogen) atoms. The maximum absolute atomic E-state index is 9.46. The third kappa shape index (κ3) is 3.29. The molecule has 4 N–H and O–H groups in total. The number of imidazole rings is 1. The van der Waals surface area contributed by atoms with Gasteiger partial charge >= 0.3 is 0 Å². The number of nitrogens with two attached hydrogens (primary N) is 1. The molecule has 0 radical (unpaired) electrons. The number of aliphatic hydroxyl groups is 1. The van der Waals surface area contributed by atoms with Gasteiger partial charge in [-0.2, -0.15) is 0 Å². The van der Waals surface area contributed by atoms with E-state index >= 15 is 0 Å². The first kappa shape index (κ1) is 13.0. The maximum atomic E-state index is 9.46. The molecule has 0 bridgehead atoms. The summed E-state index contributed by atoms with van der Waals surface area (Å²) in [4.78, 5) is 9.39. The van der Waals surface area contributed by atoms with Crippen LogP contribution in [0, 0.1) is 0 Å². The number of aromatic nitrogens is 2. The highest BCUT2D eigenvalue weighted by atomic mass is 16.3. The van der Waals surface area contributed by atoms with Crippen molar-refractivity contribution in [2.45, 2.75) is 12.5 Å². The molecule has 1 aromatic carbocycles. The fourth-order valence-electron chi connectivity index (χ4n) is 1.98. The van der Waals surface area contributed by atoms with Crippen LogP contribution in [0.5, 0.6) is 0 Å². The van der Waals surface area contributed by atoms with Gasteiger partial charge in [0.05, 0.1) is 23.5 Å². The second-order valence-corrected chi connectivity index (χ2v) is 4.66. The van der Waals surface area contributed by atoms with E-state index in [2.05, 4.69) is 27.0 Å². The van der Waals surface area contributed by atoms with Crippen molar-refractivity contribution < 1.29 is 5.11 Å². The number of benzene rings is 1. The first-order chi connectivity index (χ1) is 8.69. The van der Waals surface area contributed by atoms with Crippen molar-refractivity contribution in [1.29, 1.82) is 0 Å². The second-order valence-electron chi connectivity index (χ2n) is 4.66. The van der Waals surface area contributed by atoms with Crippen LogP contribution in [0.4, 0.5) is 0 Å². The molecule has 5 nitrogen and oxygen atoms in total. The Bertz CT molecular complexity index is 496. The van der Waals surface area contributed by atoms with Crippen molar-refractivity contribution in [2.75, 3.05) is 26.7 Å². The van der Waals surface area contributed by atoms with E-state index in [0.29, 0.717) is 13.1 Å². The first-order valence-corrected chi connectivity index (χ1v) is 6.17. The van der Waals surface area contributed by atoms with Crippen LogP contribution in [0.25, 0.3) is 11.0 Å². The van der Waals surface area contributed by atoms with Crippen LogP contribution in [-0.4, -0.2) is 52.8 Å². The lowest BCUT2D eigenvalue weighted by molar-refractivity contribution is 0.133. The van der Waals surface area contributed by atoms with Crippen LogP contribution in [0.15, 0.2) is 24.5 Å². The maximum Gasteiger partial charge on any atom is 0.0931 e. The molecule has 98 valence electrons. The Balaban J connectivity index is 1.89. The number of hydrogen-bond acceptors (Lipinski definition) is 4. The summed E-state index contributed by atoms with van der Waals surface area (Å²) < 4.78 is 0. The van der Waals surface area contributed by atoms with Gasteiger partial charge in [-0.25, -0.2) is 4.98 Å². The van der Waals surface area contributed by atoms with Gasteiger partial charge in [0.15, 0.2) is 0 Å². The molecule has 1 heterocycles. The molecular formula is C13H20N4O. The minimum Gasteiger partial charge on any atom is -0.390 e. The van der Waals surface area contributed by atoms with Gasteiger partial charge in [0.1, 0.15) is 0 Å². The van der Waals surface area contributed by atoms with Gasteiger partial charge in [0.25, 0.3) is 0 Å². The van der Waals surface area contributed by atoms with Crippen LogP contribution < -0.4 is 5.73 Å². The van der Waals surface area contributed by atoms with Crippen LogP contribution in [0.1, 0.15) is 5.56 Å². The summed E-state index contributed by atoms with van der Waals surface area (Å²) in [6, 6.07) is 6.24. The van der Waals surface area contributed by atoms with Crippen molar-refractivity contribution in [2.24, 2.45) is 5.73 Å². The molecule has 0 aliphatic rings. The first-order valence-electron chi connectivity index (χ1n) is 6.17. The Kier molecular flexibility index (Phi) is 4.30. The SMILES string of the molecule is CN(CCc1ccc2nc[nH]c2c1)CC(O)CN. The normalized spacial score (nSPS) is 13.3. The summed E-state index contributed by atoms with van der Waals surface area (Å²) in [5, 5.41) is 9.46. The topological polar surface area (TPSA) is 78.2 Å². The lowest BCUT2D eigenvalue weighted by Crippen LogP contribution is -2.35. The van der Waals surface area contributed by atoms with E-state index in [0.717, 1.165) is 24.0 Å². The molecule has 2 aromatic rings. The zero-order valence-corrected chi connectivity index (χ0v) is 10.6. The van der Waals surface area contributed by atoms with E-state index in [-0.39, 0.29) is 0 Å². The van der Waals surface area contributed by atoms with Crippen molar-refractivity contribution in [3.63, 3.8) is 0 Å². The monoisotopic (exact) mass is 248 g/mol. The number of aliphatic hydroxyl groups excluding tert-OH is 1. The summed E-state index contributed by atoms with van der Waals surface area (Å²) in [5.74, 6) is 0. The number of likely N-dealkylation sites (N-methyl/N-ethyl adjacent to an activating group) is 1. The van der Waals surface area contributed by atoms with Crippen LogP contribution in [0.2, 0.25) is 0 Å². The minimum absolute atomic E-state index is 0.310. The minimum atomic E-state index is -0.440. The predicted octanol–water partition coefficient (Wildman–Crippen LogP) is 0.357. The number of fused-ring (bicyclic) bond motifs is 1. The average molecular weight is 248 g/mol. The van der Waals surface area contributed by atoms with Gasteiger partial charge in [0.2, 0.25) is 0 Å². The fraction of sp³-hybridized carbons (Fsp3) is 0.462. The molecule has 2 rings (SSSR count). The Labute approximate surface area is 107 Å². The number of rotatable bonds is 6. The summed E-state index contributed by atoms with van der Waals surface area (Å²) in [6.45, 7) is 1.82. The summed E-state index contributed by atoms with van der Waals surface area (Å²) in [6.07, 6.45) is 2.21. The van der Waals surface area contributed by atoms with Crippen LogP contribution >= 0.6 is 0 Å². The molecule has 0 saturated heterocycles. The highest BCUT2D eigenvalue weighted by Gasteiger charge is 2.06. The number of aromatic amines is 1. The van der Waals surface area contributed by atoms with Gasteiger partial charge in [-0.05, 0) is 31.2 Å². The Morgan fingerprint density at radius 2 is 2.33 bits per heavy atom. The zero-order valence-electron chi connectivity index (χ0n) is 10.6. The van der Waals surface area contributed by atoms with Gasteiger partial charge in [-0.3, -0.25) is 0 Å². The molecule has 5 heteroatoms. The van der Waals surface area contributed by atoms with Crippen molar-refractivity contribution in [3.05, 3.63) is 30.1 Å². The predicted molar refractivity (Wildman–Crippen MR) is 72.4 cm³/mol. The van der Waals surface area contributed by atoms with Gasteiger partial charge in [-0.1, -0.05) is 6.07 Å². The van der Waals surface area contributed by atoms with E-state index in [1.165, 1.54) is 5.56 Å². The summed E-state index contributed by atoms with van der Waals surface area (Å²) >= 11 is 0. The molecule has 0 saturated carbocycles. The van der Waals surface area contributed by atoms with Gasteiger partial charge in [0, 0.05) is 19.6 Å². The molecule has 0 amide bonds. The third-order valence-corrected chi connectivity index (χ3v) is 3.06.